The highest BCUT2D eigenvalue weighted by Crippen LogP contribution is 2.32. The van der Waals surface area contributed by atoms with E-state index in [0.717, 1.165) is 0 Å². The molecule has 0 unspecified atom stereocenters. The molecule has 3 nitrogen and oxygen atoms in total. The highest BCUT2D eigenvalue weighted by molar-refractivity contribution is 5.42. The maximum Gasteiger partial charge on any atom is 0.165 e. The lowest BCUT2D eigenvalue weighted by Crippen LogP contribution is -1.90. The van der Waals surface area contributed by atoms with Crippen molar-refractivity contribution in [1.29, 1.82) is 0 Å². The van der Waals surface area contributed by atoms with Gasteiger partial charge in [-0.15, -0.1) is 0 Å². The zero-order valence-corrected chi connectivity index (χ0v) is 15.2. The zero-order valence-electron chi connectivity index (χ0n) is 15.2. The molecule has 0 amide bonds. The number of benzene rings is 4. The van der Waals surface area contributed by atoms with Crippen molar-refractivity contribution >= 4 is 0 Å². The minimum absolute atomic E-state index is 0.130. The van der Waals surface area contributed by atoms with Crippen LogP contribution >= 0.6 is 0 Å². The van der Waals surface area contributed by atoms with Gasteiger partial charge in [0.05, 0.1) is 0 Å². The van der Waals surface area contributed by atoms with Crippen LogP contribution in [0.4, 0.5) is 8.78 Å². The predicted molar refractivity (Wildman–Crippen MR) is 106 cm³/mol. The van der Waals surface area contributed by atoms with E-state index in [1.807, 2.05) is 0 Å². The van der Waals surface area contributed by atoms with Crippen molar-refractivity contribution in [2.45, 2.75) is 0 Å². The van der Waals surface area contributed by atoms with Gasteiger partial charge < -0.3 is 14.2 Å². The molecule has 29 heavy (non-hydrogen) atoms. The number of rotatable bonds is 6. The van der Waals surface area contributed by atoms with Gasteiger partial charge in [0.1, 0.15) is 23.0 Å². The largest absolute Gasteiger partial charge is 0.457 e. The second-order valence-electron chi connectivity index (χ2n) is 6.12. The van der Waals surface area contributed by atoms with Crippen molar-refractivity contribution in [3.8, 4) is 34.5 Å². The van der Waals surface area contributed by atoms with Gasteiger partial charge in [-0.25, -0.2) is 8.78 Å². The molecule has 0 heterocycles. The number of para-hydroxylation sites is 2. The van der Waals surface area contributed by atoms with E-state index in [-0.39, 0.29) is 11.5 Å². The molecule has 0 aliphatic carbocycles. The van der Waals surface area contributed by atoms with Crippen LogP contribution in [0.15, 0.2) is 97.1 Å². The summed E-state index contributed by atoms with van der Waals surface area (Å²) in [5.74, 6) is 1.24. The molecular formula is C24H16F2O3. The first-order valence-corrected chi connectivity index (χ1v) is 8.90. The predicted octanol–water partition coefficient (Wildman–Crippen LogP) is 7.34. The van der Waals surface area contributed by atoms with Crippen LogP contribution in [0.25, 0.3) is 0 Å². The first kappa shape index (κ1) is 18.5. The molecule has 0 aliphatic heterocycles. The van der Waals surface area contributed by atoms with E-state index >= 15 is 0 Å². The van der Waals surface area contributed by atoms with Gasteiger partial charge in [0, 0.05) is 12.1 Å². The Morgan fingerprint density at radius 3 is 1.21 bits per heavy atom. The minimum atomic E-state index is -0.447. The molecule has 4 aromatic carbocycles. The smallest absolute Gasteiger partial charge is 0.165 e. The fraction of sp³-hybridized carbons (Fsp3) is 0. The van der Waals surface area contributed by atoms with E-state index in [1.54, 1.807) is 84.9 Å². The van der Waals surface area contributed by atoms with Crippen LogP contribution in [0.3, 0.4) is 0 Å². The summed E-state index contributed by atoms with van der Waals surface area (Å²) >= 11 is 0. The maximum absolute atomic E-state index is 13.8. The summed E-state index contributed by atoms with van der Waals surface area (Å²) in [6, 6.07) is 26.0. The Labute approximate surface area is 166 Å². The van der Waals surface area contributed by atoms with Crippen molar-refractivity contribution in [3.63, 3.8) is 0 Å². The SMILES string of the molecule is Fc1ccccc1Oc1cccc(Oc2cccc(Oc3ccccc3F)c2)c1. The van der Waals surface area contributed by atoms with Crippen molar-refractivity contribution in [1.82, 2.24) is 0 Å². The summed E-state index contributed by atoms with van der Waals surface area (Å²) in [4.78, 5) is 0. The average Bonchev–Trinajstić information content (AvgIpc) is 2.72. The lowest BCUT2D eigenvalue weighted by Gasteiger charge is -2.11. The fourth-order valence-corrected chi connectivity index (χ4v) is 2.65. The van der Waals surface area contributed by atoms with Gasteiger partial charge in [-0.1, -0.05) is 36.4 Å². The van der Waals surface area contributed by atoms with Crippen LogP contribution in [0.5, 0.6) is 34.5 Å². The zero-order chi connectivity index (χ0) is 20.1. The van der Waals surface area contributed by atoms with Gasteiger partial charge in [-0.05, 0) is 48.5 Å². The van der Waals surface area contributed by atoms with Crippen molar-refractivity contribution in [2.24, 2.45) is 0 Å². The first-order chi connectivity index (χ1) is 14.2. The van der Waals surface area contributed by atoms with Gasteiger partial charge in [-0.3, -0.25) is 0 Å². The van der Waals surface area contributed by atoms with Gasteiger partial charge in [0.2, 0.25) is 0 Å². The Bertz CT molecular complexity index is 1040. The quantitative estimate of drug-likeness (QED) is 0.345. The second-order valence-corrected chi connectivity index (χ2v) is 6.12. The minimum Gasteiger partial charge on any atom is -0.457 e. The summed E-state index contributed by atoms with van der Waals surface area (Å²) in [6.07, 6.45) is 0. The van der Waals surface area contributed by atoms with Crippen LogP contribution < -0.4 is 14.2 Å². The molecule has 0 aliphatic rings. The molecule has 0 radical (unpaired) electrons. The van der Waals surface area contributed by atoms with E-state index in [1.165, 1.54) is 12.1 Å². The van der Waals surface area contributed by atoms with Gasteiger partial charge >= 0.3 is 0 Å². The van der Waals surface area contributed by atoms with E-state index < -0.39 is 11.6 Å². The van der Waals surface area contributed by atoms with Gasteiger partial charge in [0.15, 0.2) is 23.1 Å². The molecule has 0 saturated heterocycles. The topological polar surface area (TPSA) is 27.7 Å². The van der Waals surface area contributed by atoms with Crippen molar-refractivity contribution in [3.05, 3.63) is 109 Å². The molecule has 0 saturated carbocycles. The Balaban J connectivity index is 1.50. The summed E-state index contributed by atoms with van der Waals surface area (Å²) in [5, 5.41) is 0. The number of halogens is 2. The van der Waals surface area contributed by atoms with Crippen molar-refractivity contribution in [2.75, 3.05) is 0 Å². The van der Waals surface area contributed by atoms with E-state index in [9.17, 15) is 8.78 Å². The Morgan fingerprint density at radius 2 is 0.793 bits per heavy atom. The Hall–Kier alpha value is -3.86. The third-order valence-electron chi connectivity index (χ3n) is 3.98. The number of ether oxygens (including phenoxy) is 3. The molecule has 5 heteroatoms. The summed E-state index contributed by atoms with van der Waals surface area (Å²) in [5.41, 5.74) is 0. The Kier molecular flexibility index (Phi) is 5.38. The molecule has 0 aromatic heterocycles. The van der Waals surface area contributed by atoms with E-state index in [2.05, 4.69) is 0 Å². The van der Waals surface area contributed by atoms with Crippen LogP contribution in [0.2, 0.25) is 0 Å². The lowest BCUT2D eigenvalue weighted by molar-refractivity contribution is 0.428. The number of hydrogen-bond acceptors (Lipinski definition) is 3. The fourth-order valence-electron chi connectivity index (χ4n) is 2.65. The highest BCUT2D eigenvalue weighted by atomic mass is 19.1. The normalized spacial score (nSPS) is 10.4. The van der Waals surface area contributed by atoms with Crippen LogP contribution in [0, 0.1) is 11.6 Å². The highest BCUT2D eigenvalue weighted by Gasteiger charge is 2.07. The van der Waals surface area contributed by atoms with E-state index in [4.69, 9.17) is 14.2 Å². The summed E-state index contributed by atoms with van der Waals surface area (Å²) in [7, 11) is 0. The Morgan fingerprint density at radius 1 is 0.414 bits per heavy atom. The van der Waals surface area contributed by atoms with E-state index in [0.29, 0.717) is 23.0 Å². The monoisotopic (exact) mass is 390 g/mol. The molecule has 4 aromatic rings. The number of hydrogen-bond donors (Lipinski definition) is 0. The first-order valence-electron chi connectivity index (χ1n) is 8.90. The van der Waals surface area contributed by atoms with Crippen LogP contribution in [0.1, 0.15) is 0 Å². The maximum atomic E-state index is 13.8. The third-order valence-corrected chi connectivity index (χ3v) is 3.98. The third kappa shape index (κ3) is 4.71. The summed E-state index contributed by atoms with van der Waals surface area (Å²) < 4.78 is 44.6. The molecule has 0 spiro atoms. The lowest BCUT2D eigenvalue weighted by atomic mass is 10.3. The molecule has 0 N–H and O–H groups in total. The molecule has 0 fully saturated rings. The molecular weight excluding hydrogens is 374 g/mol. The average molecular weight is 390 g/mol. The second kappa shape index (κ2) is 8.44. The van der Waals surface area contributed by atoms with Crippen LogP contribution in [-0.4, -0.2) is 0 Å². The summed E-state index contributed by atoms with van der Waals surface area (Å²) in [6.45, 7) is 0. The molecule has 0 bridgehead atoms. The molecule has 0 atom stereocenters. The van der Waals surface area contributed by atoms with Gasteiger partial charge in [-0.2, -0.15) is 0 Å². The van der Waals surface area contributed by atoms with Gasteiger partial charge in [0.25, 0.3) is 0 Å². The van der Waals surface area contributed by atoms with Crippen molar-refractivity contribution < 1.29 is 23.0 Å². The van der Waals surface area contributed by atoms with Crippen LogP contribution in [-0.2, 0) is 0 Å². The molecule has 4 rings (SSSR count). The standard InChI is InChI=1S/C24H16F2O3/c25-21-11-1-3-13-23(21)28-19-9-5-7-17(15-19)27-18-8-6-10-20(16-18)29-24-14-4-2-12-22(24)26/h1-16H. The molecule has 144 valence electrons.